The minimum absolute atomic E-state index is 0. The molecule has 0 bridgehead atoms. The Kier molecular flexibility index (Phi) is 9.63. The largest absolute Gasteiger partial charge is 0.364 e. The number of aliphatic imine (C=N–C) groups is 1. The number of sulfonamides is 1. The predicted octanol–water partition coefficient (Wildman–Crippen LogP) is 1.05. The minimum Gasteiger partial charge on any atom is -0.364 e. The lowest BCUT2D eigenvalue weighted by Crippen LogP contribution is -2.54. The van der Waals surface area contributed by atoms with Gasteiger partial charge in [0.1, 0.15) is 12.0 Å². The van der Waals surface area contributed by atoms with Crippen molar-refractivity contribution >= 4 is 40.0 Å². The maximum absolute atomic E-state index is 12.5. The van der Waals surface area contributed by atoms with Crippen LogP contribution < -0.4 is 5.32 Å². The van der Waals surface area contributed by atoms with Crippen molar-refractivity contribution in [3.05, 3.63) is 18.0 Å². The van der Waals surface area contributed by atoms with Gasteiger partial charge in [0, 0.05) is 58.9 Å². The van der Waals surface area contributed by atoms with Gasteiger partial charge < -0.3 is 19.6 Å². The molecule has 1 unspecified atom stereocenters. The molecule has 0 radical (unpaired) electrons. The van der Waals surface area contributed by atoms with Gasteiger partial charge in [-0.15, -0.1) is 24.0 Å². The predicted molar refractivity (Wildman–Crippen MR) is 124 cm³/mol. The standard InChI is InChI=1S/C18H32N6O3S.HI/c1-16-4-3-7-22(14-16)8-6-20-18(19-2)23-9-11-24(12-10-23)28(25,26)15-17-5-13-27-21-17;/h5,13,16H,3-4,6-12,14-15H2,1-2H3,(H,19,20);1H. The maximum Gasteiger partial charge on any atom is 0.220 e. The van der Waals surface area contributed by atoms with Crippen LogP contribution in [-0.2, 0) is 15.8 Å². The zero-order valence-electron chi connectivity index (χ0n) is 17.3. The summed E-state index contributed by atoms with van der Waals surface area (Å²) in [5.41, 5.74) is 0.437. The molecule has 0 saturated carbocycles. The number of likely N-dealkylation sites (tertiary alicyclic amines) is 1. The van der Waals surface area contributed by atoms with Crippen LogP contribution in [0, 0.1) is 5.92 Å². The van der Waals surface area contributed by atoms with Crippen LogP contribution in [0.3, 0.4) is 0 Å². The molecule has 2 aliphatic rings. The van der Waals surface area contributed by atoms with E-state index in [0.717, 1.165) is 25.0 Å². The summed E-state index contributed by atoms with van der Waals surface area (Å²) in [7, 11) is -1.60. The van der Waals surface area contributed by atoms with E-state index in [9.17, 15) is 8.42 Å². The Bertz CT molecular complexity index is 735. The van der Waals surface area contributed by atoms with Crippen molar-refractivity contribution in [3.8, 4) is 0 Å². The molecule has 1 atom stereocenters. The number of aromatic nitrogens is 1. The van der Waals surface area contributed by atoms with E-state index in [1.165, 1.54) is 36.5 Å². The number of rotatable bonds is 6. The van der Waals surface area contributed by atoms with Crippen molar-refractivity contribution in [1.29, 1.82) is 0 Å². The zero-order valence-corrected chi connectivity index (χ0v) is 20.4. The monoisotopic (exact) mass is 540 g/mol. The van der Waals surface area contributed by atoms with Crippen molar-refractivity contribution in [1.82, 2.24) is 24.6 Å². The van der Waals surface area contributed by atoms with Crippen molar-refractivity contribution in [3.63, 3.8) is 0 Å². The van der Waals surface area contributed by atoms with Gasteiger partial charge in [-0.2, -0.15) is 4.31 Å². The molecule has 3 heterocycles. The first kappa shape index (κ1) is 24.4. The van der Waals surface area contributed by atoms with Crippen LogP contribution in [-0.4, -0.2) is 93.0 Å². The van der Waals surface area contributed by atoms with Gasteiger partial charge in [0.05, 0.1) is 5.69 Å². The summed E-state index contributed by atoms with van der Waals surface area (Å²) in [6, 6.07) is 1.59. The van der Waals surface area contributed by atoms with E-state index in [1.807, 2.05) is 0 Å². The van der Waals surface area contributed by atoms with E-state index in [0.29, 0.717) is 31.9 Å². The molecule has 29 heavy (non-hydrogen) atoms. The smallest absolute Gasteiger partial charge is 0.220 e. The molecule has 2 fully saturated rings. The highest BCUT2D eigenvalue weighted by Gasteiger charge is 2.29. The van der Waals surface area contributed by atoms with Gasteiger partial charge in [0.15, 0.2) is 5.96 Å². The Morgan fingerprint density at radius 1 is 1.31 bits per heavy atom. The molecule has 0 amide bonds. The molecule has 0 spiro atoms. The lowest BCUT2D eigenvalue weighted by Gasteiger charge is -2.36. The molecule has 166 valence electrons. The Morgan fingerprint density at radius 3 is 2.69 bits per heavy atom. The lowest BCUT2D eigenvalue weighted by atomic mass is 10.0. The van der Waals surface area contributed by atoms with Gasteiger partial charge in [-0.3, -0.25) is 4.99 Å². The molecule has 3 rings (SSSR count). The quantitative estimate of drug-likeness (QED) is 0.328. The summed E-state index contributed by atoms with van der Waals surface area (Å²) in [5, 5.41) is 7.14. The maximum atomic E-state index is 12.5. The third kappa shape index (κ3) is 7.07. The fourth-order valence-electron chi connectivity index (χ4n) is 3.92. The van der Waals surface area contributed by atoms with Crippen LogP contribution in [0.25, 0.3) is 0 Å². The number of guanidine groups is 1. The molecule has 11 heteroatoms. The molecular weight excluding hydrogens is 507 g/mol. The van der Waals surface area contributed by atoms with E-state index in [4.69, 9.17) is 4.52 Å². The van der Waals surface area contributed by atoms with Crippen molar-refractivity contribution in [2.45, 2.75) is 25.5 Å². The van der Waals surface area contributed by atoms with Gasteiger partial charge in [0.2, 0.25) is 10.0 Å². The Hall–Kier alpha value is -0.920. The number of piperidine rings is 1. The number of hydrogen-bond acceptors (Lipinski definition) is 6. The number of hydrogen-bond donors (Lipinski definition) is 1. The number of piperazine rings is 1. The highest BCUT2D eigenvalue weighted by Crippen LogP contribution is 2.15. The molecule has 0 aliphatic carbocycles. The average molecular weight is 540 g/mol. The van der Waals surface area contributed by atoms with Gasteiger partial charge in [0.25, 0.3) is 0 Å². The van der Waals surface area contributed by atoms with E-state index in [2.05, 4.69) is 32.2 Å². The summed E-state index contributed by atoms with van der Waals surface area (Å²) in [5.74, 6) is 1.50. The number of nitrogens with one attached hydrogen (secondary N) is 1. The van der Waals surface area contributed by atoms with Crippen LogP contribution in [0.15, 0.2) is 21.8 Å². The van der Waals surface area contributed by atoms with Crippen LogP contribution in [0.2, 0.25) is 0 Å². The summed E-state index contributed by atoms with van der Waals surface area (Å²) in [6.45, 7) is 8.66. The number of nitrogens with zero attached hydrogens (tertiary/aromatic N) is 5. The second-order valence-electron chi connectivity index (χ2n) is 7.66. The Morgan fingerprint density at radius 2 is 2.07 bits per heavy atom. The van der Waals surface area contributed by atoms with E-state index >= 15 is 0 Å². The third-order valence-electron chi connectivity index (χ3n) is 5.42. The average Bonchev–Trinajstić information content (AvgIpc) is 3.18. The normalized spacial score (nSPS) is 22.3. The van der Waals surface area contributed by atoms with Gasteiger partial charge >= 0.3 is 0 Å². The molecule has 1 aromatic rings. The first-order chi connectivity index (χ1) is 13.5. The minimum atomic E-state index is -3.38. The van der Waals surface area contributed by atoms with Gasteiger partial charge in [-0.25, -0.2) is 8.42 Å². The van der Waals surface area contributed by atoms with Crippen LogP contribution in [0.4, 0.5) is 0 Å². The topological polar surface area (TPSA) is 94.3 Å². The summed E-state index contributed by atoms with van der Waals surface area (Å²) < 4.78 is 31.4. The number of halogens is 1. The molecule has 1 N–H and O–H groups in total. The van der Waals surface area contributed by atoms with Crippen LogP contribution >= 0.6 is 24.0 Å². The van der Waals surface area contributed by atoms with E-state index in [1.54, 1.807) is 13.1 Å². The summed E-state index contributed by atoms with van der Waals surface area (Å²) in [6.07, 6.45) is 4.00. The third-order valence-corrected chi connectivity index (χ3v) is 7.23. The Balaban J connectivity index is 0.00000300. The van der Waals surface area contributed by atoms with Gasteiger partial charge in [-0.1, -0.05) is 12.1 Å². The highest BCUT2D eigenvalue weighted by atomic mass is 127. The van der Waals surface area contributed by atoms with E-state index < -0.39 is 10.0 Å². The summed E-state index contributed by atoms with van der Waals surface area (Å²) in [4.78, 5) is 9.01. The molecule has 9 nitrogen and oxygen atoms in total. The van der Waals surface area contributed by atoms with E-state index in [-0.39, 0.29) is 29.7 Å². The molecule has 1 aromatic heterocycles. The molecule has 2 saturated heterocycles. The second kappa shape index (κ2) is 11.5. The van der Waals surface area contributed by atoms with Gasteiger partial charge in [-0.05, 0) is 25.3 Å². The zero-order chi connectivity index (χ0) is 20.0. The van der Waals surface area contributed by atoms with Crippen molar-refractivity contribution in [2.24, 2.45) is 10.9 Å². The first-order valence-corrected chi connectivity index (χ1v) is 11.6. The second-order valence-corrected chi connectivity index (χ2v) is 9.62. The molecule has 2 aliphatic heterocycles. The van der Waals surface area contributed by atoms with Crippen LogP contribution in [0.1, 0.15) is 25.5 Å². The lowest BCUT2D eigenvalue weighted by molar-refractivity contribution is 0.185. The fraction of sp³-hybridized carbons (Fsp3) is 0.778. The highest BCUT2D eigenvalue weighted by molar-refractivity contribution is 14.0. The van der Waals surface area contributed by atoms with Crippen LogP contribution in [0.5, 0.6) is 0 Å². The SMILES string of the molecule is CN=C(NCCN1CCCC(C)C1)N1CCN(S(=O)(=O)Cc2ccon2)CC1.I. The molecule has 0 aromatic carbocycles. The van der Waals surface area contributed by atoms with Crippen molar-refractivity contribution in [2.75, 3.05) is 59.4 Å². The first-order valence-electron chi connectivity index (χ1n) is 10.0. The summed E-state index contributed by atoms with van der Waals surface area (Å²) >= 11 is 0. The Labute approximate surface area is 190 Å². The van der Waals surface area contributed by atoms with Crippen molar-refractivity contribution < 1.29 is 12.9 Å². The fourth-order valence-corrected chi connectivity index (χ4v) is 5.34. The molecular formula is C18H33IN6O3S.